The number of imide groups is 1. The SMILES string of the molecule is O=C1C[C-]=NC(=O)N1.O=C=O.[K+]. The minimum Gasteiger partial charge on any atom is -0.406 e. The average molecular weight is 194 g/mol. The maximum Gasteiger partial charge on any atom is 1.00 e. The van der Waals surface area contributed by atoms with Crippen molar-refractivity contribution < 1.29 is 70.6 Å². The molecule has 0 unspecified atom stereocenters. The van der Waals surface area contributed by atoms with Gasteiger partial charge in [-0.3, -0.25) is 4.79 Å². The molecule has 0 aromatic carbocycles. The van der Waals surface area contributed by atoms with Gasteiger partial charge in [0.2, 0.25) is 0 Å². The van der Waals surface area contributed by atoms with Crippen LogP contribution >= 0.6 is 0 Å². The zero-order valence-electron chi connectivity index (χ0n) is 6.29. The van der Waals surface area contributed by atoms with Crippen LogP contribution in [0.25, 0.3) is 0 Å². The number of carbonyl (C=O) groups is 2. The second-order valence-electron chi connectivity index (χ2n) is 1.38. The van der Waals surface area contributed by atoms with Crippen LogP contribution in [0.1, 0.15) is 6.42 Å². The first-order valence-electron chi connectivity index (χ1n) is 2.47. The van der Waals surface area contributed by atoms with Crippen molar-refractivity contribution in [3.63, 3.8) is 0 Å². The summed E-state index contributed by atoms with van der Waals surface area (Å²) < 4.78 is 0. The zero-order valence-corrected chi connectivity index (χ0v) is 9.41. The van der Waals surface area contributed by atoms with E-state index in [2.05, 4.69) is 11.2 Å². The number of rotatable bonds is 0. The van der Waals surface area contributed by atoms with E-state index in [1.807, 2.05) is 5.32 Å². The molecule has 0 bridgehead atoms. The molecule has 0 aliphatic carbocycles. The Morgan fingerprint density at radius 3 is 2.17 bits per heavy atom. The van der Waals surface area contributed by atoms with Crippen molar-refractivity contribution in [2.75, 3.05) is 0 Å². The Morgan fingerprint density at radius 1 is 1.42 bits per heavy atom. The van der Waals surface area contributed by atoms with E-state index < -0.39 is 6.03 Å². The summed E-state index contributed by atoms with van der Waals surface area (Å²) in [5, 5.41) is 1.97. The summed E-state index contributed by atoms with van der Waals surface area (Å²) in [4.78, 5) is 39.7. The van der Waals surface area contributed by atoms with Crippen LogP contribution in [-0.4, -0.2) is 24.3 Å². The first-order chi connectivity index (χ1) is 5.20. The van der Waals surface area contributed by atoms with Crippen molar-refractivity contribution in [1.82, 2.24) is 5.32 Å². The van der Waals surface area contributed by atoms with Gasteiger partial charge in [0.25, 0.3) is 0 Å². The summed E-state index contributed by atoms with van der Waals surface area (Å²) in [6, 6.07) is -0.624. The smallest absolute Gasteiger partial charge is 0.406 e. The molecule has 1 aliphatic rings. The third-order valence-electron chi connectivity index (χ3n) is 0.667. The van der Waals surface area contributed by atoms with Crippen molar-refractivity contribution in [3.05, 3.63) is 0 Å². The molecule has 1 N–H and O–H groups in total. The van der Waals surface area contributed by atoms with Crippen LogP contribution in [0, 0.1) is 0 Å². The van der Waals surface area contributed by atoms with Gasteiger partial charge >= 0.3 is 57.5 Å². The maximum atomic E-state index is 10.2. The van der Waals surface area contributed by atoms with E-state index in [1.165, 1.54) is 0 Å². The van der Waals surface area contributed by atoms with Crippen LogP contribution in [0.5, 0.6) is 0 Å². The molecule has 0 saturated carbocycles. The van der Waals surface area contributed by atoms with Crippen molar-refractivity contribution >= 4 is 24.3 Å². The second-order valence-corrected chi connectivity index (χ2v) is 1.38. The molecule has 0 spiro atoms. The monoisotopic (exact) mass is 194 g/mol. The van der Waals surface area contributed by atoms with E-state index in [4.69, 9.17) is 9.59 Å². The quantitative estimate of drug-likeness (QED) is 0.314. The summed E-state index contributed by atoms with van der Waals surface area (Å²) >= 11 is 0. The Labute approximate surface area is 110 Å². The molecule has 3 amide bonds. The first kappa shape index (κ1) is 14.4. The largest absolute Gasteiger partial charge is 1.00 e. The van der Waals surface area contributed by atoms with E-state index in [9.17, 15) is 9.59 Å². The van der Waals surface area contributed by atoms with E-state index in [0.717, 1.165) is 0 Å². The molecule has 0 saturated heterocycles. The molecule has 7 heteroatoms. The maximum absolute atomic E-state index is 10.2. The van der Waals surface area contributed by atoms with E-state index in [-0.39, 0.29) is 69.9 Å². The number of hydrogen-bond donors (Lipinski definition) is 1. The van der Waals surface area contributed by atoms with Gasteiger partial charge in [0.15, 0.2) is 11.9 Å². The summed E-state index contributed by atoms with van der Waals surface area (Å²) in [7, 11) is 0. The standard InChI is InChI=1S/C4H3N2O2.CO2.K/c7-3-1-2-5-4(8)6-3;2-1-3;/h1H2,(H,6,7,8);;/q-1;;+1. The van der Waals surface area contributed by atoms with E-state index in [1.54, 1.807) is 0 Å². The minimum absolute atomic E-state index is 0. The molecule has 58 valence electrons. The molecule has 1 rings (SSSR count). The number of hydrogen-bond acceptors (Lipinski definition) is 4. The molecular formula is C5H3KN2O4. The Kier molecular flexibility index (Phi) is 10.7. The van der Waals surface area contributed by atoms with Crippen LogP contribution in [0.3, 0.4) is 0 Å². The molecule has 1 heterocycles. The van der Waals surface area contributed by atoms with Crippen LogP contribution in [-0.2, 0) is 14.4 Å². The summed E-state index contributed by atoms with van der Waals surface area (Å²) in [6.45, 7) is 0. The third-order valence-corrected chi connectivity index (χ3v) is 0.667. The van der Waals surface area contributed by atoms with Crippen LogP contribution in [0.15, 0.2) is 4.99 Å². The molecule has 0 fully saturated rings. The van der Waals surface area contributed by atoms with Crippen molar-refractivity contribution in [2.24, 2.45) is 4.99 Å². The summed E-state index contributed by atoms with van der Waals surface area (Å²) in [5.41, 5.74) is 0. The number of nitrogens with zero attached hydrogens (tertiary/aromatic N) is 1. The number of carbonyl (C=O) groups excluding carboxylic acids is 4. The fraction of sp³-hybridized carbons (Fsp3) is 0.200. The molecule has 1 aliphatic heterocycles. The molecule has 0 aromatic heterocycles. The van der Waals surface area contributed by atoms with Gasteiger partial charge < -0.3 is 15.1 Å². The van der Waals surface area contributed by atoms with Crippen LogP contribution in [0.4, 0.5) is 4.79 Å². The Bertz CT molecular complexity index is 232. The van der Waals surface area contributed by atoms with E-state index >= 15 is 0 Å². The predicted molar refractivity (Wildman–Crippen MR) is 30.6 cm³/mol. The molecule has 12 heavy (non-hydrogen) atoms. The predicted octanol–water partition coefficient (Wildman–Crippen LogP) is -4.01. The van der Waals surface area contributed by atoms with Crippen LogP contribution < -0.4 is 56.7 Å². The summed E-state index contributed by atoms with van der Waals surface area (Å²) in [6.07, 6.45) is 2.59. The second kappa shape index (κ2) is 8.92. The normalized spacial score (nSPS) is 13.0. The van der Waals surface area contributed by atoms with Gasteiger partial charge in [-0.2, -0.15) is 15.8 Å². The fourth-order valence-corrected chi connectivity index (χ4v) is 0.375. The van der Waals surface area contributed by atoms with Crippen molar-refractivity contribution in [2.45, 2.75) is 6.42 Å². The van der Waals surface area contributed by atoms with Gasteiger partial charge in [0.05, 0.1) is 0 Å². The number of urea groups is 1. The van der Waals surface area contributed by atoms with Gasteiger partial charge in [-0.05, 0) is 6.42 Å². The number of amides is 3. The summed E-state index contributed by atoms with van der Waals surface area (Å²) in [5.74, 6) is -0.343. The van der Waals surface area contributed by atoms with Gasteiger partial charge in [-0.25, -0.2) is 0 Å². The van der Waals surface area contributed by atoms with Gasteiger partial charge in [-0.1, -0.05) is 0 Å². The Morgan fingerprint density at radius 2 is 1.92 bits per heavy atom. The molecule has 6 nitrogen and oxygen atoms in total. The van der Waals surface area contributed by atoms with E-state index in [0.29, 0.717) is 0 Å². The van der Waals surface area contributed by atoms with Crippen molar-refractivity contribution in [3.8, 4) is 0 Å². The molecule has 0 aromatic rings. The van der Waals surface area contributed by atoms with Crippen molar-refractivity contribution in [1.29, 1.82) is 0 Å². The Balaban J connectivity index is 0. The number of nitrogens with one attached hydrogen (secondary N) is 1. The zero-order chi connectivity index (χ0) is 8.69. The molecule has 0 atom stereocenters. The van der Waals surface area contributed by atoms with Gasteiger partial charge in [0, 0.05) is 0 Å². The minimum atomic E-state index is -0.624. The topological polar surface area (TPSA) is 92.7 Å². The number of aliphatic imine (C=N–C) groups is 1. The van der Waals surface area contributed by atoms with Gasteiger partial charge in [-0.15, -0.1) is 0 Å². The van der Waals surface area contributed by atoms with Gasteiger partial charge in [0.1, 0.15) is 0 Å². The fourth-order valence-electron chi connectivity index (χ4n) is 0.375. The third kappa shape index (κ3) is 7.93. The first-order valence-corrected chi connectivity index (χ1v) is 2.47. The average Bonchev–Trinajstić information content (AvgIpc) is 1.88. The van der Waals surface area contributed by atoms with Crippen LogP contribution in [0.2, 0.25) is 0 Å². The molecule has 0 radical (unpaired) electrons. The molecular weight excluding hydrogens is 191 g/mol. The Hall–Kier alpha value is -0.174.